The fourth-order valence-electron chi connectivity index (χ4n) is 1.70. The molecule has 0 aliphatic carbocycles. The van der Waals surface area contributed by atoms with Gasteiger partial charge in [0.1, 0.15) is 0 Å². The highest BCUT2D eigenvalue weighted by Crippen LogP contribution is 2.27. The summed E-state index contributed by atoms with van der Waals surface area (Å²) in [7, 11) is 0. The van der Waals surface area contributed by atoms with Crippen LogP contribution in [0.1, 0.15) is 28.0 Å². The minimum Gasteiger partial charge on any atom is -0.395 e. The minimum absolute atomic E-state index is 0.132. The molecule has 1 aromatic carbocycles. The van der Waals surface area contributed by atoms with E-state index >= 15 is 0 Å². The van der Waals surface area contributed by atoms with Gasteiger partial charge in [-0.05, 0) is 43.2 Å². The summed E-state index contributed by atoms with van der Waals surface area (Å²) >= 11 is 3.61. The predicted octanol–water partition coefficient (Wildman–Crippen LogP) is 4.39. The fourth-order valence-corrected chi connectivity index (χ4v) is 3.57. The number of hydrogen-bond acceptors (Lipinski definition) is 3. The summed E-state index contributed by atoms with van der Waals surface area (Å²) in [6.45, 7) is 4.42. The number of aliphatic hydroxyl groups excluding tert-OH is 1. The Morgan fingerprint density at radius 1 is 1.20 bits per heavy atom. The lowest BCUT2D eigenvalue weighted by Crippen LogP contribution is -1.81. The third-order valence-electron chi connectivity index (χ3n) is 2.98. The van der Waals surface area contributed by atoms with Crippen molar-refractivity contribution >= 4 is 23.1 Å². The molecule has 0 fully saturated rings. The molecular formula is C17H18OS2. The molecule has 20 heavy (non-hydrogen) atoms. The van der Waals surface area contributed by atoms with E-state index in [2.05, 4.69) is 55.3 Å². The Balaban J connectivity index is 1.94. The topological polar surface area (TPSA) is 20.2 Å². The summed E-state index contributed by atoms with van der Waals surface area (Å²) in [6, 6.07) is 8.75. The highest BCUT2D eigenvalue weighted by molar-refractivity contribution is 7.98. The van der Waals surface area contributed by atoms with Gasteiger partial charge in [-0.25, -0.2) is 0 Å². The number of benzene rings is 1. The van der Waals surface area contributed by atoms with Crippen molar-refractivity contribution in [1.29, 1.82) is 0 Å². The van der Waals surface area contributed by atoms with Crippen molar-refractivity contribution in [3.05, 3.63) is 51.2 Å². The van der Waals surface area contributed by atoms with Gasteiger partial charge in [-0.15, -0.1) is 23.1 Å². The zero-order valence-electron chi connectivity index (χ0n) is 11.8. The molecule has 0 saturated carbocycles. The van der Waals surface area contributed by atoms with Crippen LogP contribution in [0.25, 0.3) is 0 Å². The lowest BCUT2D eigenvalue weighted by molar-refractivity contribution is 0.305. The van der Waals surface area contributed by atoms with E-state index in [0.717, 1.165) is 11.3 Å². The maximum atomic E-state index is 8.70. The summed E-state index contributed by atoms with van der Waals surface area (Å²) < 4.78 is 0. The van der Waals surface area contributed by atoms with Crippen LogP contribution >= 0.6 is 23.1 Å². The van der Waals surface area contributed by atoms with E-state index < -0.39 is 0 Å². The second-order valence-corrected chi connectivity index (χ2v) is 6.66. The molecule has 0 radical (unpaired) electrons. The first-order chi connectivity index (χ1) is 9.69. The van der Waals surface area contributed by atoms with E-state index in [4.69, 9.17) is 5.11 Å². The molecule has 104 valence electrons. The Labute approximate surface area is 129 Å². The van der Waals surface area contributed by atoms with E-state index in [1.54, 1.807) is 11.3 Å². The standard InChI is InChI=1S/C17H18OS2/c1-13-6-7-16(9-14(13)2)20-12-17-10-15(11-19-17)5-3-4-8-18/h6-7,9-11,18H,4,8,12H2,1-2H3. The minimum atomic E-state index is 0.132. The average Bonchev–Trinajstić information content (AvgIpc) is 2.88. The van der Waals surface area contributed by atoms with Crippen LogP contribution in [-0.2, 0) is 5.75 Å². The highest BCUT2D eigenvalue weighted by Gasteiger charge is 2.01. The zero-order valence-corrected chi connectivity index (χ0v) is 13.4. The van der Waals surface area contributed by atoms with Crippen molar-refractivity contribution in [2.45, 2.75) is 30.9 Å². The van der Waals surface area contributed by atoms with Crippen LogP contribution in [0.2, 0.25) is 0 Å². The van der Waals surface area contributed by atoms with E-state index in [1.165, 1.54) is 20.9 Å². The van der Waals surface area contributed by atoms with Crippen LogP contribution in [0.3, 0.4) is 0 Å². The molecule has 0 unspecified atom stereocenters. The van der Waals surface area contributed by atoms with Crippen molar-refractivity contribution in [1.82, 2.24) is 0 Å². The second-order valence-electron chi connectivity index (χ2n) is 4.61. The van der Waals surface area contributed by atoms with Gasteiger partial charge in [-0.1, -0.05) is 17.9 Å². The van der Waals surface area contributed by atoms with Crippen LogP contribution in [0.5, 0.6) is 0 Å². The molecule has 1 heterocycles. The quantitative estimate of drug-likeness (QED) is 0.667. The lowest BCUT2D eigenvalue weighted by atomic mass is 10.1. The zero-order chi connectivity index (χ0) is 14.4. The van der Waals surface area contributed by atoms with Crippen molar-refractivity contribution in [2.75, 3.05) is 6.61 Å². The molecule has 1 aromatic heterocycles. The summed E-state index contributed by atoms with van der Waals surface area (Å²) in [5.74, 6) is 7.00. The molecule has 0 spiro atoms. The van der Waals surface area contributed by atoms with E-state index in [9.17, 15) is 0 Å². The molecule has 0 aliphatic rings. The molecular weight excluding hydrogens is 284 g/mol. The van der Waals surface area contributed by atoms with Crippen molar-refractivity contribution in [3.63, 3.8) is 0 Å². The van der Waals surface area contributed by atoms with Crippen LogP contribution < -0.4 is 0 Å². The van der Waals surface area contributed by atoms with Gasteiger partial charge < -0.3 is 5.11 Å². The first-order valence-electron chi connectivity index (χ1n) is 6.56. The van der Waals surface area contributed by atoms with Gasteiger partial charge in [0.05, 0.1) is 6.61 Å². The Kier molecular flexibility index (Phi) is 5.72. The number of rotatable bonds is 4. The molecule has 0 saturated heterocycles. The Bertz CT molecular complexity index is 632. The van der Waals surface area contributed by atoms with Crippen LogP contribution in [0.4, 0.5) is 0 Å². The van der Waals surface area contributed by atoms with Crippen LogP contribution in [-0.4, -0.2) is 11.7 Å². The molecule has 2 rings (SSSR count). The molecule has 2 aromatic rings. The highest BCUT2D eigenvalue weighted by atomic mass is 32.2. The molecule has 3 heteroatoms. The van der Waals surface area contributed by atoms with E-state index in [-0.39, 0.29) is 6.61 Å². The first kappa shape index (κ1) is 15.2. The molecule has 0 amide bonds. The summed E-state index contributed by atoms with van der Waals surface area (Å²) in [4.78, 5) is 2.65. The smallest absolute Gasteiger partial charge is 0.0540 e. The Morgan fingerprint density at radius 2 is 2.05 bits per heavy atom. The van der Waals surface area contributed by atoms with Crippen LogP contribution in [0, 0.1) is 25.7 Å². The lowest BCUT2D eigenvalue weighted by Gasteiger charge is -2.03. The van der Waals surface area contributed by atoms with Crippen LogP contribution in [0.15, 0.2) is 34.5 Å². The number of thiophene rings is 1. The van der Waals surface area contributed by atoms with Gasteiger partial charge in [0, 0.05) is 32.9 Å². The fraction of sp³-hybridized carbons (Fsp3) is 0.294. The normalized spacial score (nSPS) is 10.2. The van der Waals surface area contributed by atoms with Gasteiger partial charge >= 0.3 is 0 Å². The monoisotopic (exact) mass is 302 g/mol. The van der Waals surface area contributed by atoms with E-state index in [1.807, 2.05) is 11.8 Å². The van der Waals surface area contributed by atoms with Crippen molar-refractivity contribution < 1.29 is 5.11 Å². The third kappa shape index (κ3) is 4.42. The Morgan fingerprint density at radius 3 is 2.80 bits per heavy atom. The second kappa shape index (κ2) is 7.54. The number of aliphatic hydroxyl groups is 1. The van der Waals surface area contributed by atoms with Gasteiger partial charge in [0.25, 0.3) is 0 Å². The maximum Gasteiger partial charge on any atom is 0.0540 e. The number of aryl methyl sites for hydroxylation is 2. The number of hydrogen-bond donors (Lipinski definition) is 1. The summed E-state index contributed by atoms with van der Waals surface area (Å²) in [6.07, 6.45) is 0.544. The Hall–Kier alpha value is -1.21. The summed E-state index contributed by atoms with van der Waals surface area (Å²) in [5.41, 5.74) is 3.74. The van der Waals surface area contributed by atoms with Gasteiger partial charge in [-0.3, -0.25) is 0 Å². The first-order valence-corrected chi connectivity index (χ1v) is 8.43. The molecule has 1 N–H and O–H groups in total. The van der Waals surface area contributed by atoms with E-state index in [0.29, 0.717) is 6.42 Å². The van der Waals surface area contributed by atoms with Gasteiger partial charge in [0.15, 0.2) is 0 Å². The van der Waals surface area contributed by atoms with Gasteiger partial charge in [0.2, 0.25) is 0 Å². The molecule has 0 atom stereocenters. The molecule has 0 aliphatic heterocycles. The number of thioether (sulfide) groups is 1. The summed E-state index contributed by atoms with van der Waals surface area (Å²) in [5, 5.41) is 10.8. The average molecular weight is 302 g/mol. The van der Waals surface area contributed by atoms with Crippen molar-refractivity contribution in [2.24, 2.45) is 0 Å². The molecule has 0 bridgehead atoms. The SMILES string of the molecule is Cc1ccc(SCc2cc(C#CCCO)cs2)cc1C. The largest absolute Gasteiger partial charge is 0.395 e. The third-order valence-corrected chi connectivity index (χ3v) is 5.14. The van der Waals surface area contributed by atoms with Crippen molar-refractivity contribution in [3.8, 4) is 11.8 Å². The maximum absolute atomic E-state index is 8.70. The predicted molar refractivity (Wildman–Crippen MR) is 88.4 cm³/mol. The van der Waals surface area contributed by atoms with Gasteiger partial charge in [-0.2, -0.15) is 0 Å². The molecule has 1 nitrogen and oxygen atoms in total.